The summed E-state index contributed by atoms with van der Waals surface area (Å²) in [6, 6.07) is 21.0. The molecule has 212 valence electrons. The quantitative estimate of drug-likeness (QED) is 0.201. The molecule has 0 saturated carbocycles. The molecule has 10 heteroatoms. The number of aromatic nitrogens is 3. The molecule has 3 aromatic carbocycles. The van der Waals surface area contributed by atoms with E-state index in [1.54, 1.807) is 28.9 Å². The van der Waals surface area contributed by atoms with Crippen LogP contribution in [0.4, 0.5) is 16.0 Å². The average Bonchev–Trinajstić information content (AvgIpc) is 3.35. The number of anilines is 2. The first-order valence-electron chi connectivity index (χ1n) is 13.4. The average molecular weight is 574 g/mol. The van der Waals surface area contributed by atoms with Gasteiger partial charge in [0.05, 0.1) is 24.0 Å². The van der Waals surface area contributed by atoms with E-state index < -0.39 is 6.04 Å². The molecular weight excluding hydrogens is 541 g/mol. The van der Waals surface area contributed by atoms with E-state index in [4.69, 9.17) is 14.6 Å². The number of rotatable bonds is 10. The van der Waals surface area contributed by atoms with Gasteiger partial charge < -0.3 is 20.1 Å². The van der Waals surface area contributed by atoms with Gasteiger partial charge >= 0.3 is 0 Å². The minimum absolute atomic E-state index is 0.0169. The van der Waals surface area contributed by atoms with Gasteiger partial charge in [0, 0.05) is 11.4 Å². The predicted molar refractivity (Wildman–Crippen MR) is 159 cm³/mol. The highest BCUT2D eigenvalue weighted by Gasteiger charge is 2.35. The number of hydrogen-bond acceptors (Lipinski definition) is 7. The summed E-state index contributed by atoms with van der Waals surface area (Å²) < 4.78 is 27.6. The summed E-state index contributed by atoms with van der Waals surface area (Å²) in [7, 11) is 0. The first kappa shape index (κ1) is 28.2. The van der Waals surface area contributed by atoms with Crippen LogP contribution in [0.15, 0.2) is 89.2 Å². The smallest absolute Gasteiger partial charge is 0.255 e. The molecule has 0 radical (unpaired) electrons. The van der Waals surface area contributed by atoms with Gasteiger partial charge in [-0.2, -0.15) is 4.98 Å². The number of ether oxygens (including phenoxy) is 2. The Hall–Kier alpha value is -4.31. The van der Waals surface area contributed by atoms with Gasteiger partial charge in [-0.15, -0.1) is 5.10 Å². The van der Waals surface area contributed by atoms with E-state index in [1.807, 2.05) is 70.2 Å². The lowest BCUT2D eigenvalue weighted by atomic mass is 9.94. The minimum atomic E-state index is -0.600. The first-order valence-corrected chi connectivity index (χ1v) is 14.4. The summed E-state index contributed by atoms with van der Waals surface area (Å²) >= 11 is 1.33. The van der Waals surface area contributed by atoms with Gasteiger partial charge in [0.25, 0.3) is 5.91 Å². The number of thioether (sulfide) groups is 1. The molecule has 2 heterocycles. The fourth-order valence-corrected chi connectivity index (χ4v) is 5.44. The molecule has 1 aromatic heterocycles. The van der Waals surface area contributed by atoms with Crippen molar-refractivity contribution in [3.05, 3.63) is 101 Å². The third-order valence-corrected chi connectivity index (χ3v) is 7.26. The Labute approximate surface area is 243 Å². The predicted octanol–water partition coefficient (Wildman–Crippen LogP) is 6.82. The van der Waals surface area contributed by atoms with Crippen molar-refractivity contribution in [2.45, 2.75) is 50.8 Å². The van der Waals surface area contributed by atoms with Crippen LogP contribution < -0.4 is 20.1 Å². The molecular formula is C31H32FN5O3S. The summed E-state index contributed by atoms with van der Waals surface area (Å²) in [5.41, 5.74) is 3.06. The second kappa shape index (κ2) is 12.5. The van der Waals surface area contributed by atoms with E-state index in [-0.39, 0.29) is 17.8 Å². The summed E-state index contributed by atoms with van der Waals surface area (Å²) in [6.45, 7) is 8.13. The van der Waals surface area contributed by atoms with Gasteiger partial charge in [0.1, 0.15) is 23.4 Å². The Bertz CT molecular complexity index is 1590. The maximum atomic E-state index is 14.2. The van der Waals surface area contributed by atoms with E-state index in [1.165, 1.54) is 17.8 Å². The standard InChI is InChI=1S/C31H32FN5O3S/c1-5-39-26-16-9-8-15-25(26)34-29(38)27-20(4)33-30-35-31(41-18-22-11-6-7-14-24(22)32)36-37(30)28(27)21-12-10-13-23(17-21)40-19(2)3/h6-17,19,28H,5,18H2,1-4H3,(H,34,38)(H,33,35,36). The Kier molecular flexibility index (Phi) is 8.58. The fourth-order valence-electron chi connectivity index (χ4n) is 4.62. The van der Waals surface area contributed by atoms with Crippen LogP contribution in [0, 0.1) is 5.82 Å². The largest absolute Gasteiger partial charge is 0.492 e. The molecule has 0 bridgehead atoms. The maximum Gasteiger partial charge on any atom is 0.255 e. The van der Waals surface area contributed by atoms with E-state index in [9.17, 15) is 9.18 Å². The molecule has 5 rings (SSSR count). The molecule has 1 unspecified atom stereocenters. The molecule has 0 aliphatic carbocycles. The third kappa shape index (κ3) is 6.38. The van der Waals surface area contributed by atoms with Gasteiger partial charge in [0.15, 0.2) is 0 Å². The zero-order chi connectivity index (χ0) is 28.9. The van der Waals surface area contributed by atoms with Crippen molar-refractivity contribution in [2.24, 2.45) is 0 Å². The lowest BCUT2D eigenvalue weighted by molar-refractivity contribution is -0.113. The topological polar surface area (TPSA) is 90.3 Å². The normalized spacial score (nSPS) is 14.4. The number of carbonyl (C=O) groups is 1. The van der Waals surface area contributed by atoms with Crippen molar-refractivity contribution in [3.8, 4) is 11.5 Å². The number of halogens is 1. The molecule has 2 N–H and O–H groups in total. The van der Waals surface area contributed by atoms with Crippen LogP contribution in [0.25, 0.3) is 0 Å². The van der Waals surface area contributed by atoms with Crippen LogP contribution in [-0.4, -0.2) is 33.4 Å². The zero-order valence-electron chi connectivity index (χ0n) is 23.3. The van der Waals surface area contributed by atoms with Gasteiger partial charge in [-0.05, 0) is 69.2 Å². The number of carbonyl (C=O) groups excluding carboxylic acids is 1. The summed E-state index contributed by atoms with van der Waals surface area (Å²) in [6.07, 6.45) is -0.0169. The lowest BCUT2D eigenvalue weighted by Gasteiger charge is -2.29. The fraction of sp³-hybridized carbons (Fsp3) is 0.258. The number of benzene rings is 3. The second-order valence-corrected chi connectivity index (χ2v) is 10.7. The molecule has 4 aromatic rings. The van der Waals surface area contributed by atoms with E-state index >= 15 is 0 Å². The number of amides is 1. The Morgan fingerprint density at radius 2 is 1.90 bits per heavy atom. The van der Waals surface area contributed by atoms with Crippen molar-refractivity contribution in [3.63, 3.8) is 0 Å². The number of fused-ring (bicyclic) bond motifs is 1. The van der Waals surface area contributed by atoms with Crippen LogP contribution in [0.2, 0.25) is 0 Å². The second-order valence-electron chi connectivity index (χ2n) is 9.73. The number of nitrogens with zero attached hydrogens (tertiary/aromatic N) is 3. The maximum absolute atomic E-state index is 14.2. The van der Waals surface area contributed by atoms with Gasteiger partial charge in [-0.25, -0.2) is 9.07 Å². The van der Waals surface area contributed by atoms with Crippen LogP contribution in [0.3, 0.4) is 0 Å². The molecule has 8 nitrogen and oxygen atoms in total. The van der Waals surface area contributed by atoms with E-state index in [2.05, 4.69) is 15.6 Å². The van der Waals surface area contributed by atoms with Crippen LogP contribution in [-0.2, 0) is 10.5 Å². The molecule has 1 aliphatic rings. The molecule has 0 fully saturated rings. The third-order valence-electron chi connectivity index (χ3n) is 6.37. The number of hydrogen-bond donors (Lipinski definition) is 2. The zero-order valence-corrected chi connectivity index (χ0v) is 24.2. The van der Waals surface area contributed by atoms with E-state index in [0.717, 1.165) is 5.56 Å². The van der Waals surface area contributed by atoms with Crippen LogP contribution in [0.1, 0.15) is 44.9 Å². The Morgan fingerprint density at radius 3 is 2.68 bits per heavy atom. The molecule has 0 saturated heterocycles. The van der Waals surface area contributed by atoms with Crippen molar-refractivity contribution in [1.82, 2.24) is 14.8 Å². The highest BCUT2D eigenvalue weighted by molar-refractivity contribution is 7.98. The molecule has 0 spiro atoms. The van der Waals surface area contributed by atoms with Crippen LogP contribution >= 0.6 is 11.8 Å². The first-order chi connectivity index (χ1) is 19.8. The Morgan fingerprint density at radius 1 is 1.12 bits per heavy atom. The number of para-hydroxylation sites is 2. The van der Waals surface area contributed by atoms with Gasteiger partial charge in [-0.3, -0.25) is 4.79 Å². The Balaban J connectivity index is 1.52. The van der Waals surface area contributed by atoms with Crippen molar-refractivity contribution in [2.75, 3.05) is 17.2 Å². The van der Waals surface area contributed by atoms with Gasteiger partial charge in [0.2, 0.25) is 11.1 Å². The molecule has 1 amide bonds. The lowest BCUT2D eigenvalue weighted by Crippen LogP contribution is -2.31. The highest BCUT2D eigenvalue weighted by atomic mass is 32.2. The minimum Gasteiger partial charge on any atom is -0.492 e. The molecule has 1 aliphatic heterocycles. The molecule has 41 heavy (non-hydrogen) atoms. The van der Waals surface area contributed by atoms with Crippen molar-refractivity contribution in [1.29, 1.82) is 0 Å². The number of allylic oxidation sites excluding steroid dienone is 1. The summed E-state index contributed by atoms with van der Waals surface area (Å²) in [4.78, 5) is 18.6. The SMILES string of the molecule is CCOc1ccccc1NC(=O)C1=C(C)Nc2nc(SCc3ccccc3F)nn2C1c1cccc(OC(C)C)c1. The van der Waals surface area contributed by atoms with Crippen molar-refractivity contribution >= 4 is 29.3 Å². The summed E-state index contributed by atoms with van der Waals surface area (Å²) in [5.74, 6) is 1.56. The summed E-state index contributed by atoms with van der Waals surface area (Å²) in [5, 5.41) is 11.5. The monoisotopic (exact) mass is 573 g/mol. The van der Waals surface area contributed by atoms with Gasteiger partial charge in [-0.1, -0.05) is 54.2 Å². The van der Waals surface area contributed by atoms with E-state index in [0.29, 0.717) is 57.5 Å². The van der Waals surface area contributed by atoms with Crippen molar-refractivity contribution < 1.29 is 18.7 Å². The highest BCUT2D eigenvalue weighted by Crippen LogP contribution is 2.38. The number of nitrogens with one attached hydrogen (secondary N) is 2. The van der Waals surface area contributed by atoms with Crippen LogP contribution in [0.5, 0.6) is 11.5 Å². The molecule has 1 atom stereocenters.